The van der Waals surface area contributed by atoms with Crippen molar-refractivity contribution in [2.24, 2.45) is 0 Å². The van der Waals surface area contributed by atoms with Crippen LogP contribution in [0, 0.1) is 0 Å². The van der Waals surface area contributed by atoms with E-state index in [1.165, 1.54) is 12.1 Å². The molecule has 2 unspecified atom stereocenters. The molecule has 5 nitrogen and oxygen atoms in total. The molecule has 0 aliphatic carbocycles. The number of benzene rings is 2. The van der Waals surface area contributed by atoms with E-state index in [2.05, 4.69) is 0 Å². The molecule has 0 radical (unpaired) electrons. The number of carboxylic acids is 2. The van der Waals surface area contributed by atoms with Crippen LogP contribution in [0.1, 0.15) is 27.9 Å². The number of aryl methyl sites for hydroxylation is 1. The molecule has 0 fully saturated rings. The monoisotopic (exact) mass is 346 g/mol. The van der Waals surface area contributed by atoms with Gasteiger partial charge in [-0.15, -0.1) is 0 Å². The highest BCUT2D eigenvalue weighted by Crippen LogP contribution is 2.14. The number of hydrogen-bond donors (Lipinski definition) is 2. The lowest BCUT2D eigenvalue weighted by Crippen LogP contribution is -2.27. The number of rotatable bonds is 8. The molecule has 2 aromatic rings. The van der Waals surface area contributed by atoms with Crippen molar-refractivity contribution in [3.63, 3.8) is 0 Å². The molecule has 2 rings (SSSR count). The van der Waals surface area contributed by atoms with Crippen LogP contribution in [0.2, 0.25) is 0 Å². The fourth-order valence-electron chi connectivity index (χ4n) is 2.32. The lowest BCUT2D eigenvalue weighted by Gasteiger charge is -2.12. The Hall–Kier alpha value is -2.47. The lowest BCUT2D eigenvalue weighted by atomic mass is 10.1. The van der Waals surface area contributed by atoms with Crippen LogP contribution in [-0.4, -0.2) is 31.6 Å². The summed E-state index contributed by atoms with van der Waals surface area (Å²) in [6.45, 7) is 0. The molecule has 0 amide bonds. The van der Waals surface area contributed by atoms with Gasteiger partial charge in [-0.2, -0.15) is 0 Å². The molecule has 0 heterocycles. The second kappa shape index (κ2) is 8.40. The topological polar surface area (TPSA) is 91.7 Å². The third-order valence-corrected chi connectivity index (χ3v) is 5.33. The second-order valence-corrected chi connectivity index (χ2v) is 7.00. The summed E-state index contributed by atoms with van der Waals surface area (Å²) in [4.78, 5) is 22.2. The molecular weight excluding hydrogens is 328 g/mol. The summed E-state index contributed by atoms with van der Waals surface area (Å²) >= 11 is 0. The zero-order chi connectivity index (χ0) is 17.5. The van der Waals surface area contributed by atoms with E-state index in [9.17, 15) is 18.9 Å². The molecule has 2 N–H and O–H groups in total. The normalized spacial score (nSPS) is 13.2. The SMILES string of the molecule is O=C(O)c1ccc(CS(=O)C(CCc2ccccc2)C(=O)O)cc1. The average Bonchev–Trinajstić information content (AvgIpc) is 2.56. The van der Waals surface area contributed by atoms with Gasteiger partial charge in [0.2, 0.25) is 0 Å². The molecule has 24 heavy (non-hydrogen) atoms. The molecule has 0 saturated carbocycles. The van der Waals surface area contributed by atoms with Gasteiger partial charge in [-0.1, -0.05) is 42.5 Å². The highest BCUT2D eigenvalue weighted by molar-refractivity contribution is 7.85. The molecule has 6 heteroatoms. The highest BCUT2D eigenvalue weighted by Gasteiger charge is 2.24. The van der Waals surface area contributed by atoms with Gasteiger partial charge in [-0.25, -0.2) is 4.79 Å². The van der Waals surface area contributed by atoms with Crippen molar-refractivity contribution in [1.29, 1.82) is 0 Å². The van der Waals surface area contributed by atoms with Gasteiger partial charge in [0.05, 0.1) is 5.56 Å². The van der Waals surface area contributed by atoms with E-state index in [4.69, 9.17) is 5.11 Å². The summed E-state index contributed by atoms with van der Waals surface area (Å²) in [7, 11) is -1.58. The molecule has 2 aromatic carbocycles. The Balaban J connectivity index is 2.00. The number of aromatic carboxylic acids is 1. The number of aliphatic carboxylic acids is 1. The van der Waals surface area contributed by atoms with E-state index < -0.39 is 28.0 Å². The molecule has 0 aliphatic rings. The Morgan fingerprint density at radius 2 is 1.54 bits per heavy atom. The summed E-state index contributed by atoms with van der Waals surface area (Å²) in [5.74, 6) is -2.02. The molecule has 0 aromatic heterocycles. The van der Waals surface area contributed by atoms with Gasteiger partial charge in [0, 0.05) is 16.6 Å². The quantitative estimate of drug-likeness (QED) is 0.767. The molecule has 126 valence electrons. The average molecular weight is 346 g/mol. The summed E-state index contributed by atoms with van der Waals surface area (Å²) < 4.78 is 12.4. The van der Waals surface area contributed by atoms with Gasteiger partial charge in [-0.05, 0) is 36.1 Å². The van der Waals surface area contributed by atoms with Crippen LogP contribution >= 0.6 is 0 Å². The number of carboxylic acid groups (broad SMARTS) is 2. The largest absolute Gasteiger partial charge is 0.480 e. The Morgan fingerprint density at radius 1 is 0.917 bits per heavy atom. The van der Waals surface area contributed by atoms with Gasteiger partial charge in [0.25, 0.3) is 0 Å². The van der Waals surface area contributed by atoms with Crippen LogP contribution in [0.15, 0.2) is 54.6 Å². The molecule has 0 bridgehead atoms. The molecular formula is C18H18O5S. The van der Waals surface area contributed by atoms with E-state index in [0.29, 0.717) is 18.4 Å². The van der Waals surface area contributed by atoms with Crippen molar-refractivity contribution in [3.8, 4) is 0 Å². The van der Waals surface area contributed by atoms with E-state index in [1.807, 2.05) is 30.3 Å². The van der Waals surface area contributed by atoms with Crippen molar-refractivity contribution in [2.45, 2.75) is 23.8 Å². The van der Waals surface area contributed by atoms with Gasteiger partial charge < -0.3 is 10.2 Å². The first-order chi connectivity index (χ1) is 11.5. The van der Waals surface area contributed by atoms with Gasteiger partial charge in [0.1, 0.15) is 5.25 Å². The maximum absolute atomic E-state index is 12.4. The second-order valence-electron chi connectivity index (χ2n) is 5.38. The minimum absolute atomic E-state index is 0.0889. The van der Waals surface area contributed by atoms with E-state index in [0.717, 1.165) is 5.56 Å². The molecule has 0 aliphatic heterocycles. The Labute approximate surface area is 142 Å². The summed E-state index contributed by atoms with van der Waals surface area (Å²) in [5.41, 5.74) is 1.80. The van der Waals surface area contributed by atoms with Crippen LogP contribution in [0.3, 0.4) is 0 Å². The smallest absolute Gasteiger partial charge is 0.335 e. The molecule has 0 saturated heterocycles. The third-order valence-electron chi connectivity index (χ3n) is 3.64. The van der Waals surface area contributed by atoms with Crippen molar-refractivity contribution in [1.82, 2.24) is 0 Å². The predicted molar refractivity (Wildman–Crippen MR) is 91.4 cm³/mol. The van der Waals surface area contributed by atoms with Crippen molar-refractivity contribution >= 4 is 22.7 Å². The molecule has 2 atom stereocenters. The summed E-state index contributed by atoms with van der Waals surface area (Å²) in [6.07, 6.45) is 0.834. The lowest BCUT2D eigenvalue weighted by molar-refractivity contribution is -0.136. The zero-order valence-corrected chi connectivity index (χ0v) is 13.7. The van der Waals surface area contributed by atoms with Crippen LogP contribution in [-0.2, 0) is 27.8 Å². The van der Waals surface area contributed by atoms with Gasteiger partial charge in [0.15, 0.2) is 0 Å². The van der Waals surface area contributed by atoms with Crippen LogP contribution in [0.4, 0.5) is 0 Å². The van der Waals surface area contributed by atoms with Crippen LogP contribution in [0.5, 0.6) is 0 Å². The number of carbonyl (C=O) groups is 2. The Bertz CT molecular complexity index is 725. The van der Waals surface area contributed by atoms with E-state index in [-0.39, 0.29) is 11.3 Å². The highest BCUT2D eigenvalue weighted by atomic mass is 32.2. The van der Waals surface area contributed by atoms with Gasteiger partial charge in [-0.3, -0.25) is 9.00 Å². The number of hydrogen-bond acceptors (Lipinski definition) is 3. The first-order valence-electron chi connectivity index (χ1n) is 7.43. The van der Waals surface area contributed by atoms with Gasteiger partial charge >= 0.3 is 11.9 Å². The maximum atomic E-state index is 12.4. The fraction of sp³-hybridized carbons (Fsp3) is 0.222. The van der Waals surface area contributed by atoms with Crippen molar-refractivity contribution in [3.05, 3.63) is 71.3 Å². The fourth-order valence-corrected chi connectivity index (χ4v) is 3.65. The van der Waals surface area contributed by atoms with E-state index >= 15 is 0 Å². The Morgan fingerprint density at radius 3 is 2.08 bits per heavy atom. The minimum Gasteiger partial charge on any atom is -0.480 e. The summed E-state index contributed by atoms with van der Waals surface area (Å²) in [5, 5.41) is 17.3. The Kier molecular flexibility index (Phi) is 6.26. The standard InChI is InChI=1S/C18H18O5S/c19-17(20)15-9-6-14(7-10-15)12-24(23)16(18(21)22)11-8-13-4-2-1-3-5-13/h1-7,9-10,16H,8,11-12H2,(H,19,20)(H,21,22). The zero-order valence-electron chi connectivity index (χ0n) is 12.9. The van der Waals surface area contributed by atoms with Crippen molar-refractivity contribution < 1.29 is 24.0 Å². The predicted octanol–water partition coefficient (Wildman–Crippen LogP) is 2.72. The third kappa shape index (κ3) is 5.03. The van der Waals surface area contributed by atoms with Crippen LogP contribution < -0.4 is 0 Å². The van der Waals surface area contributed by atoms with Crippen molar-refractivity contribution in [2.75, 3.05) is 0 Å². The van der Waals surface area contributed by atoms with E-state index in [1.54, 1.807) is 12.1 Å². The maximum Gasteiger partial charge on any atom is 0.335 e. The molecule has 0 spiro atoms. The first-order valence-corrected chi connectivity index (χ1v) is 8.81. The minimum atomic E-state index is -1.58. The van der Waals surface area contributed by atoms with Crippen LogP contribution in [0.25, 0.3) is 0 Å². The summed E-state index contributed by atoms with van der Waals surface area (Å²) in [6, 6.07) is 15.5. The first kappa shape index (κ1) is 17.9.